The van der Waals surface area contributed by atoms with E-state index >= 15 is 0 Å². The van der Waals surface area contributed by atoms with Crippen molar-refractivity contribution in [3.63, 3.8) is 0 Å². The Balaban J connectivity index is 1.61. The maximum absolute atomic E-state index is 4.92. The third-order valence-electron chi connectivity index (χ3n) is 4.79. The van der Waals surface area contributed by atoms with E-state index in [2.05, 4.69) is 51.2 Å². The predicted octanol–water partition coefficient (Wildman–Crippen LogP) is 2.80. The second kappa shape index (κ2) is 6.80. The molecule has 1 fully saturated rings. The summed E-state index contributed by atoms with van der Waals surface area (Å²) in [5.41, 5.74) is 2.59. The van der Waals surface area contributed by atoms with Crippen LogP contribution in [0.25, 0.3) is 22.4 Å². The summed E-state index contributed by atoms with van der Waals surface area (Å²) in [6.45, 7) is 3.28. The quantitative estimate of drug-likeness (QED) is 0.794. The van der Waals surface area contributed by atoms with E-state index in [4.69, 9.17) is 4.98 Å². The fourth-order valence-electron chi connectivity index (χ4n) is 3.72. The van der Waals surface area contributed by atoms with Crippen LogP contribution >= 0.6 is 0 Å². The molecule has 1 N–H and O–H groups in total. The highest BCUT2D eigenvalue weighted by Crippen LogP contribution is 2.27. The Bertz CT molecular complexity index is 856. The molecule has 1 atom stereocenters. The Morgan fingerprint density at radius 2 is 2.16 bits per heavy atom. The highest BCUT2D eigenvalue weighted by molar-refractivity contribution is 5.89. The third kappa shape index (κ3) is 3.35. The van der Waals surface area contributed by atoms with Crippen molar-refractivity contribution in [2.75, 3.05) is 38.6 Å². The van der Waals surface area contributed by atoms with Gasteiger partial charge in [-0.3, -0.25) is 5.10 Å². The summed E-state index contributed by atoms with van der Waals surface area (Å²) in [5.74, 6) is 1.75. The van der Waals surface area contributed by atoms with Crippen LogP contribution in [0.15, 0.2) is 36.5 Å². The molecule has 1 saturated heterocycles. The Morgan fingerprint density at radius 3 is 3.04 bits per heavy atom. The number of nitrogens with zero attached hydrogens (tertiary/aromatic N) is 5. The van der Waals surface area contributed by atoms with E-state index in [1.54, 1.807) is 6.20 Å². The Kier molecular flexibility index (Phi) is 4.36. The molecular formula is C19H24N6. The van der Waals surface area contributed by atoms with E-state index in [1.165, 1.54) is 12.8 Å². The van der Waals surface area contributed by atoms with Gasteiger partial charge in [-0.25, -0.2) is 9.97 Å². The minimum absolute atomic E-state index is 0.700. The zero-order valence-corrected chi connectivity index (χ0v) is 14.8. The number of aromatic nitrogens is 4. The largest absolute Gasteiger partial charge is 0.356 e. The van der Waals surface area contributed by atoms with Crippen molar-refractivity contribution in [1.82, 2.24) is 25.1 Å². The smallest absolute Gasteiger partial charge is 0.181 e. The van der Waals surface area contributed by atoms with Gasteiger partial charge in [-0.2, -0.15) is 5.10 Å². The van der Waals surface area contributed by atoms with Crippen LogP contribution in [-0.4, -0.2) is 58.8 Å². The number of fused-ring (bicyclic) bond motifs is 1. The molecule has 3 aromatic rings. The molecule has 0 aromatic carbocycles. The molecule has 130 valence electrons. The lowest BCUT2D eigenvalue weighted by Gasteiger charge is -2.35. The van der Waals surface area contributed by atoms with E-state index in [9.17, 15) is 0 Å². The highest BCUT2D eigenvalue weighted by Gasteiger charge is 2.22. The number of H-pyrrole nitrogens is 1. The molecular weight excluding hydrogens is 312 g/mol. The standard InChI is InChI=1S/C19H24N6/c1-24(2)12-14-6-5-11-25(13-14)17-9-3-8-16(21-17)18-15-7-4-10-20-19(15)23-22-18/h3-4,7-10,14H,5-6,11-13H2,1-2H3,(H,20,22,23). The topological polar surface area (TPSA) is 60.9 Å². The van der Waals surface area contributed by atoms with Crippen molar-refractivity contribution in [1.29, 1.82) is 0 Å². The number of pyridine rings is 2. The number of aromatic amines is 1. The lowest BCUT2D eigenvalue weighted by atomic mass is 9.97. The first-order valence-corrected chi connectivity index (χ1v) is 8.87. The van der Waals surface area contributed by atoms with E-state index in [0.717, 1.165) is 47.9 Å². The number of nitrogens with one attached hydrogen (secondary N) is 1. The summed E-state index contributed by atoms with van der Waals surface area (Å²) in [4.78, 5) is 13.9. The molecule has 1 aliphatic rings. The Labute approximate surface area is 147 Å². The first kappa shape index (κ1) is 16.0. The monoisotopic (exact) mass is 336 g/mol. The van der Waals surface area contributed by atoms with E-state index in [1.807, 2.05) is 18.2 Å². The zero-order valence-electron chi connectivity index (χ0n) is 14.8. The lowest BCUT2D eigenvalue weighted by Crippen LogP contribution is -2.39. The second-order valence-electron chi connectivity index (χ2n) is 7.07. The summed E-state index contributed by atoms with van der Waals surface area (Å²) in [6.07, 6.45) is 4.28. The number of hydrogen-bond donors (Lipinski definition) is 1. The van der Waals surface area contributed by atoms with Gasteiger partial charge in [0.1, 0.15) is 5.82 Å². The maximum Gasteiger partial charge on any atom is 0.181 e. The fourth-order valence-corrected chi connectivity index (χ4v) is 3.72. The molecule has 0 radical (unpaired) electrons. The van der Waals surface area contributed by atoms with Crippen molar-refractivity contribution in [2.45, 2.75) is 12.8 Å². The maximum atomic E-state index is 4.92. The molecule has 0 bridgehead atoms. The minimum Gasteiger partial charge on any atom is -0.356 e. The van der Waals surface area contributed by atoms with Crippen LogP contribution in [0.3, 0.4) is 0 Å². The van der Waals surface area contributed by atoms with Crippen LogP contribution < -0.4 is 4.90 Å². The SMILES string of the molecule is CN(C)CC1CCCN(c2cccc(-c3[nH]nc4ncccc34)n2)C1. The number of piperidine rings is 1. The van der Waals surface area contributed by atoms with Crippen LogP contribution in [0, 0.1) is 5.92 Å². The van der Waals surface area contributed by atoms with Crippen molar-refractivity contribution in [3.8, 4) is 11.4 Å². The molecule has 25 heavy (non-hydrogen) atoms. The van der Waals surface area contributed by atoms with Crippen molar-refractivity contribution in [2.24, 2.45) is 5.92 Å². The number of rotatable bonds is 4. The molecule has 6 nitrogen and oxygen atoms in total. The normalized spacial score (nSPS) is 18.2. The third-order valence-corrected chi connectivity index (χ3v) is 4.79. The fraction of sp³-hybridized carbons (Fsp3) is 0.421. The first-order valence-electron chi connectivity index (χ1n) is 8.87. The van der Waals surface area contributed by atoms with E-state index in [0.29, 0.717) is 5.92 Å². The predicted molar refractivity (Wildman–Crippen MR) is 101 cm³/mol. The van der Waals surface area contributed by atoms with Gasteiger partial charge in [-0.1, -0.05) is 6.07 Å². The van der Waals surface area contributed by atoms with Crippen molar-refractivity contribution in [3.05, 3.63) is 36.5 Å². The van der Waals surface area contributed by atoms with Crippen molar-refractivity contribution < 1.29 is 0 Å². The molecule has 0 spiro atoms. The van der Waals surface area contributed by atoms with E-state index < -0.39 is 0 Å². The summed E-state index contributed by atoms with van der Waals surface area (Å²) in [5, 5.41) is 8.39. The molecule has 1 unspecified atom stereocenters. The molecule has 1 aliphatic heterocycles. The summed E-state index contributed by atoms with van der Waals surface area (Å²) >= 11 is 0. The van der Waals surface area contributed by atoms with Gasteiger partial charge in [0, 0.05) is 31.2 Å². The van der Waals surface area contributed by atoms with Crippen molar-refractivity contribution >= 4 is 16.9 Å². The average molecular weight is 336 g/mol. The number of anilines is 1. The van der Waals surface area contributed by atoms with Gasteiger partial charge in [0.25, 0.3) is 0 Å². The molecule has 0 saturated carbocycles. The van der Waals surface area contributed by atoms with E-state index in [-0.39, 0.29) is 0 Å². The second-order valence-corrected chi connectivity index (χ2v) is 7.07. The van der Waals surface area contributed by atoms with Gasteiger partial charge in [0.15, 0.2) is 5.65 Å². The average Bonchev–Trinajstić information content (AvgIpc) is 3.06. The Hall–Kier alpha value is -2.47. The molecule has 0 amide bonds. The van der Waals surface area contributed by atoms with Gasteiger partial charge >= 0.3 is 0 Å². The lowest BCUT2D eigenvalue weighted by molar-refractivity contribution is 0.291. The van der Waals surface area contributed by atoms with Crippen LogP contribution in [-0.2, 0) is 0 Å². The molecule has 4 heterocycles. The van der Waals surface area contributed by atoms with Gasteiger partial charge in [-0.15, -0.1) is 0 Å². The molecule has 4 rings (SSSR count). The van der Waals surface area contributed by atoms with Gasteiger partial charge in [0.2, 0.25) is 0 Å². The number of hydrogen-bond acceptors (Lipinski definition) is 5. The zero-order chi connectivity index (χ0) is 17.2. The van der Waals surface area contributed by atoms with Crippen LogP contribution in [0.4, 0.5) is 5.82 Å². The first-order chi connectivity index (χ1) is 12.2. The summed E-state index contributed by atoms with van der Waals surface area (Å²) in [6, 6.07) is 10.2. The van der Waals surface area contributed by atoms with Crippen LogP contribution in [0.2, 0.25) is 0 Å². The van der Waals surface area contributed by atoms with Crippen LogP contribution in [0.5, 0.6) is 0 Å². The molecule has 3 aromatic heterocycles. The van der Waals surface area contributed by atoms with Gasteiger partial charge in [-0.05, 0) is 57.1 Å². The summed E-state index contributed by atoms with van der Waals surface area (Å²) < 4.78 is 0. The molecule has 0 aliphatic carbocycles. The van der Waals surface area contributed by atoms with Gasteiger partial charge in [0.05, 0.1) is 11.4 Å². The Morgan fingerprint density at radius 1 is 1.24 bits per heavy atom. The minimum atomic E-state index is 0.700. The highest BCUT2D eigenvalue weighted by atomic mass is 15.2. The van der Waals surface area contributed by atoms with Gasteiger partial charge < -0.3 is 9.80 Å². The van der Waals surface area contributed by atoms with Crippen LogP contribution in [0.1, 0.15) is 12.8 Å². The molecule has 6 heteroatoms. The summed E-state index contributed by atoms with van der Waals surface area (Å²) in [7, 11) is 4.30.